The van der Waals surface area contributed by atoms with Crippen molar-refractivity contribution in [3.05, 3.63) is 59.7 Å². The van der Waals surface area contributed by atoms with Gasteiger partial charge in [-0.1, -0.05) is 12.1 Å². The van der Waals surface area contributed by atoms with Crippen molar-refractivity contribution in [2.45, 2.75) is 25.3 Å². The van der Waals surface area contributed by atoms with Crippen LogP contribution in [0, 0.1) is 5.82 Å². The highest BCUT2D eigenvalue weighted by molar-refractivity contribution is 5.81. The van der Waals surface area contributed by atoms with E-state index in [-0.39, 0.29) is 24.1 Å². The SMILES string of the molecule is NCCn1nc([C@H]2CCN(C(=O)Cc3ccc(F)cc3)C2)c2cccnc21. The van der Waals surface area contributed by atoms with E-state index < -0.39 is 0 Å². The molecule has 0 radical (unpaired) electrons. The third-order valence-electron chi connectivity index (χ3n) is 5.07. The highest BCUT2D eigenvalue weighted by atomic mass is 19.1. The molecule has 4 rings (SSSR count). The molecule has 2 N–H and O–H groups in total. The number of halogens is 1. The van der Waals surface area contributed by atoms with Crippen molar-refractivity contribution in [1.29, 1.82) is 0 Å². The van der Waals surface area contributed by atoms with Crippen molar-refractivity contribution < 1.29 is 9.18 Å². The molecule has 1 saturated heterocycles. The van der Waals surface area contributed by atoms with Gasteiger partial charge in [-0.2, -0.15) is 5.10 Å². The molecule has 3 heterocycles. The summed E-state index contributed by atoms with van der Waals surface area (Å²) in [6, 6.07) is 10.0. The molecule has 1 amide bonds. The van der Waals surface area contributed by atoms with Crippen molar-refractivity contribution in [3.8, 4) is 0 Å². The molecule has 1 aliphatic rings. The Kier molecular flexibility index (Phi) is 4.85. The molecule has 27 heavy (non-hydrogen) atoms. The third kappa shape index (κ3) is 3.55. The molecule has 0 aliphatic carbocycles. The number of hydrogen-bond donors (Lipinski definition) is 1. The van der Waals surface area contributed by atoms with Crippen LogP contribution in [0.3, 0.4) is 0 Å². The van der Waals surface area contributed by atoms with Crippen LogP contribution in [0.2, 0.25) is 0 Å². The summed E-state index contributed by atoms with van der Waals surface area (Å²) < 4.78 is 14.9. The lowest BCUT2D eigenvalue weighted by molar-refractivity contribution is -0.129. The van der Waals surface area contributed by atoms with E-state index in [2.05, 4.69) is 4.98 Å². The summed E-state index contributed by atoms with van der Waals surface area (Å²) in [4.78, 5) is 18.9. The molecule has 3 aromatic rings. The number of benzene rings is 1. The standard InChI is InChI=1S/C20H22FN5O/c21-16-5-3-14(4-6-16)12-18(27)25-10-7-15(13-25)19-17-2-1-9-23-20(17)26(24-19)11-8-22/h1-6,9,15H,7-8,10-13,22H2/t15-/m0/s1. The van der Waals surface area contributed by atoms with Gasteiger partial charge in [0, 0.05) is 37.1 Å². The van der Waals surface area contributed by atoms with Gasteiger partial charge in [-0.15, -0.1) is 0 Å². The maximum Gasteiger partial charge on any atom is 0.227 e. The zero-order valence-corrected chi connectivity index (χ0v) is 15.0. The Bertz CT molecular complexity index is 953. The van der Waals surface area contributed by atoms with Gasteiger partial charge in [0.1, 0.15) is 5.82 Å². The van der Waals surface area contributed by atoms with Crippen molar-refractivity contribution in [3.63, 3.8) is 0 Å². The largest absolute Gasteiger partial charge is 0.342 e. The summed E-state index contributed by atoms with van der Waals surface area (Å²) in [6.45, 7) is 2.47. The first kappa shape index (κ1) is 17.6. The Morgan fingerprint density at radius 3 is 2.85 bits per heavy atom. The van der Waals surface area contributed by atoms with Gasteiger partial charge >= 0.3 is 0 Å². The average Bonchev–Trinajstić information content (AvgIpc) is 3.29. The second kappa shape index (κ2) is 7.44. The van der Waals surface area contributed by atoms with E-state index in [1.807, 2.05) is 21.7 Å². The van der Waals surface area contributed by atoms with Crippen LogP contribution < -0.4 is 5.73 Å². The van der Waals surface area contributed by atoms with Crippen LogP contribution in [0.5, 0.6) is 0 Å². The first-order valence-corrected chi connectivity index (χ1v) is 9.19. The van der Waals surface area contributed by atoms with Gasteiger partial charge in [-0.05, 0) is 36.2 Å². The second-order valence-electron chi connectivity index (χ2n) is 6.90. The highest BCUT2D eigenvalue weighted by Gasteiger charge is 2.30. The van der Waals surface area contributed by atoms with E-state index >= 15 is 0 Å². The van der Waals surface area contributed by atoms with Crippen molar-refractivity contribution in [1.82, 2.24) is 19.7 Å². The maximum absolute atomic E-state index is 13.0. The number of hydrogen-bond acceptors (Lipinski definition) is 4. The number of pyridine rings is 1. The molecule has 1 fully saturated rings. The molecule has 2 aromatic heterocycles. The number of amides is 1. The monoisotopic (exact) mass is 367 g/mol. The number of nitrogens with two attached hydrogens (primary N) is 1. The van der Waals surface area contributed by atoms with Crippen LogP contribution >= 0.6 is 0 Å². The fraction of sp³-hybridized carbons (Fsp3) is 0.350. The molecule has 1 aromatic carbocycles. The first-order valence-electron chi connectivity index (χ1n) is 9.19. The normalized spacial score (nSPS) is 17.0. The van der Waals surface area contributed by atoms with Crippen LogP contribution in [0.25, 0.3) is 11.0 Å². The zero-order chi connectivity index (χ0) is 18.8. The number of rotatable bonds is 5. The predicted molar refractivity (Wildman–Crippen MR) is 101 cm³/mol. The minimum atomic E-state index is -0.291. The summed E-state index contributed by atoms with van der Waals surface area (Å²) in [5.41, 5.74) is 8.35. The summed E-state index contributed by atoms with van der Waals surface area (Å²) in [5, 5.41) is 5.77. The van der Waals surface area contributed by atoms with E-state index in [0.29, 0.717) is 26.2 Å². The lowest BCUT2D eigenvalue weighted by Crippen LogP contribution is -2.29. The Morgan fingerprint density at radius 2 is 2.07 bits per heavy atom. The van der Waals surface area contributed by atoms with Crippen molar-refractivity contribution >= 4 is 16.9 Å². The van der Waals surface area contributed by atoms with Crippen LogP contribution in [0.4, 0.5) is 4.39 Å². The first-order chi connectivity index (χ1) is 13.2. The van der Waals surface area contributed by atoms with Crippen molar-refractivity contribution in [2.24, 2.45) is 5.73 Å². The number of carbonyl (C=O) groups excluding carboxylic acids is 1. The van der Waals surface area contributed by atoms with Gasteiger partial charge in [0.15, 0.2) is 5.65 Å². The molecule has 1 aliphatic heterocycles. The highest BCUT2D eigenvalue weighted by Crippen LogP contribution is 2.31. The summed E-state index contributed by atoms with van der Waals surface area (Å²) in [5.74, 6) is -0.0400. The van der Waals surface area contributed by atoms with Gasteiger partial charge < -0.3 is 10.6 Å². The molecular weight excluding hydrogens is 345 g/mol. The molecular formula is C20H22FN5O. The van der Waals surface area contributed by atoms with Crippen LogP contribution in [-0.2, 0) is 17.8 Å². The second-order valence-corrected chi connectivity index (χ2v) is 6.90. The average molecular weight is 367 g/mol. The fourth-order valence-corrected chi connectivity index (χ4v) is 3.71. The van der Waals surface area contributed by atoms with Gasteiger partial charge in [0.2, 0.25) is 5.91 Å². The van der Waals surface area contributed by atoms with E-state index in [1.165, 1.54) is 12.1 Å². The summed E-state index contributed by atoms with van der Waals surface area (Å²) in [7, 11) is 0. The van der Waals surface area contributed by atoms with Crippen LogP contribution in [0.15, 0.2) is 42.6 Å². The molecule has 140 valence electrons. The molecule has 1 atom stereocenters. The molecule has 0 spiro atoms. The van der Waals surface area contributed by atoms with Crippen molar-refractivity contribution in [2.75, 3.05) is 19.6 Å². The number of nitrogens with zero attached hydrogens (tertiary/aromatic N) is 4. The Hall–Kier alpha value is -2.80. The minimum Gasteiger partial charge on any atom is -0.342 e. The number of carbonyl (C=O) groups is 1. The zero-order valence-electron chi connectivity index (χ0n) is 15.0. The van der Waals surface area contributed by atoms with Gasteiger partial charge in [0.25, 0.3) is 0 Å². The van der Waals surface area contributed by atoms with Crippen LogP contribution in [0.1, 0.15) is 23.6 Å². The number of aromatic nitrogens is 3. The lowest BCUT2D eigenvalue weighted by Gasteiger charge is -2.16. The Labute approximate surface area is 156 Å². The predicted octanol–water partition coefficient (Wildman–Crippen LogP) is 2.09. The minimum absolute atomic E-state index is 0.0629. The molecule has 7 heteroatoms. The van der Waals surface area contributed by atoms with E-state index in [4.69, 9.17) is 10.8 Å². The third-order valence-corrected chi connectivity index (χ3v) is 5.07. The smallest absolute Gasteiger partial charge is 0.227 e. The molecule has 6 nitrogen and oxygen atoms in total. The lowest BCUT2D eigenvalue weighted by atomic mass is 10.0. The topological polar surface area (TPSA) is 77.0 Å². The molecule has 0 bridgehead atoms. The van der Waals surface area contributed by atoms with E-state index in [0.717, 1.165) is 28.7 Å². The Balaban J connectivity index is 1.50. The summed E-state index contributed by atoms with van der Waals surface area (Å²) >= 11 is 0. The fourth-order valence-electron chi connectivity index (χ4n) is 3.71. The van der Waals surface area contributed by atoms with Gasteiger partial charge in [-0.25, -0.2) is 14.1 Å². The van der Waals surface area contributed by atoms with Crippen LogP contribution in [-0.4, -0.2) is 45.2 Å². The van der Waals surface area contributed by atoms with Gasteiger partial charge in [0.05, 0.1) is 18.7 Å². The quantitative estimate of drug-likeness (QED) is 0.749. The Morgan fingerprint density at radius 1 is 1.26 bits per heavy atom. The number of fused-ring (bicyclic) bond motifs is 1. The number of likely N-dealkylation sites (tertiary alicyclic amines) is 1. The van der Waals surface area contributed by atoms with E-state index in [9.17, 15) is 9.18 Å². The van der Waals surface area contributed by atoms with E-state index in [1.54, 1.807) is 18.3 Å². The molecule has 0 unspecified atom stereocenters. The maximum atomic E-state index is 13.0. The van der Waals surface area contributed by atoms with Gasteiger partial charge in [-0.3, -0.25) is 4.79 Å². The summed E-state index contributed by atoms with van der Waals surface area (Å²) in [6.07, 6.45) is 2.92. The molecule has 0 saturated carbocycles.